The standard InChI is InChI=1S/C17H10ClF6N7O3/c1-31-15(28-29-30-31)27-13(32)8-3-5-10(34-17(22,23)24)12(11(8)18)26-14(33)9-4-2-7(6-25-9)16(19,20)21/h2-6H,1H3,(H,26,33)(H,27,28,30,32). The van der Waals surface area contributed by atoms with E-state index < -0.39 is 57.6 Å². The van der Waals surface area contributed by atoms with Gasteiger partial charge in [-0.1, -0.05) is 16.7 Å². The van der Waals surface area contributed by atoms with E-state index in [0.717, 1.165) is 10.7 Å². The number of halogens is 7. The van der Waals surface area contributed by atoms with Gasteiger partial charge >= 0.3 is 12.5 Å². The summed E-state index contributed by atoms with van der Waals surface area (Å²) in [5.74, 6) is -3.30. The molecule has 0 aliphatic heterocycles. The van der Waals surface area contributed by atoms with E-state index in [4.69, 9.17) is 11.6 Å². The number of nitrogens with one attached hydrogen (secondary N) is 2. The van der Waals surface area contributed by atoms with Crippen LogP contribution in [0.5, 0.6) is 5.75 Å². The van der Waals surface area contributed by atoms with Gasteiger partial charge in [0.05, 0.1) is 16.1 Å². The molecule has 3 aromatic rings. The Kier molecular flexibility index (Phi) is 6.63. The predicted octanol–water partition coefficient (Wildman–Crippen LogP) is 3.68. The van der Waals surface area contributed by atoms with Crippen LogP contribution >= 0.6 is 11.6 Å². The minimum atomic E-state index is -5.20. The van der Waals surface area contributed by atoms with Gasteiger partial charge in [-0.25, -0.2) is 4.68 Å². The number of aryl methyl sites for hydroxylation is 1. The third-order valence-corrected chi connectivity index (χ3v) is 4.37. The number of ether oxygens (including phenoxy) is 1. The van der Waals surface area contributed by atoms with Crippen LogP contribution in [0.1, 0.15) is 26.4 Å². The van der Waals surface area contributed by atoms with Crippen molar-refractivity contribution in [2.24, 2.45) is 7.05 Å². The number of tetrazole rings is 1. The van der Waals surface area contributed by atoms with Gasteiger partial charge in [0.1, 0.15) is 11.4 Å². The lowest BCUT2D eigenvalue weighted by Gasteiger charge is -2.17. The molecule has 10 nitrogen and oxygen atoms in total. The van der Waals surface area contributed by atoms with Gasteiger partial charge < -0.3 is 10.1 Å². The molecule has 17 heteroatoms. The van der Waals surface area contributed by atoms with E-state index in [-0.39, 0.29) is 5.95 Å². The Morgan fingerprint density at radius 3 is 2.26 bits per heavy atom. The highest BCUT2D eigenvalue weighted by molar-refractivity contribution is 6.38. The number of hydrogen-bond donors (Lipinski definition) is 2. The van der Waals surface area contributed by atoms with Crippen LogP contribution in [0.3, 0.4) is 0 Å². The molecule has 180 valence electrons. The largest absolute Gasteiger partial charge is 0.573 e. The molecule has 0 saturated carbocycles. The monoisotopic (exact) mass is 509 g/mol. The number of amides is 2. The predicted molar refractivity (Wildman–Crippen MR) is 102 cm³/mol. The van der Waals surface area contributed by atoms with E-state index in [2.05, 4.69) is 30.6 Å². The van der Waals surface area contributed by atoms with Crippen molar-refractivity contribution in [2.45, 2.75) is 12.5 Å². The van der Waals surface area contributed by atoms with Crippen LogP contribution < -0.4 is 15.4 Å². The number of aromatic nitrogens is 5. The maximum Gasteiger partial charge on any atom is 0.573 e. The smallest absolute Gasteiger partial charge is 0.404 e. The van der Waals surface area contributed by atoms with Crippen molar-refractivity contribution in [3.8, 4) is 5.75 Å². The summed E-state index contributed by atoms with van der Waals surface area (Å²) in [6, 6.07) is 2.84. The maximum absolute atomic E-state index is 12.8. The molecule has 34 heavy (non-hydrogen) atoms. The fourth-order valence-corrected chi connectivity index (χ4v) is 2.73. The number of alkyl halides is 6. The molecular weight excluding hydrogens is 500 g/mol. The zero-order chi connectivity index (χ0) is 25.3. The molecule has 0 atom stereocenters. The van der Waals surface area contributed by atoms with Crippen LogP contribution in [0.4, 0.5) is 38.0 Å². The van der Waals surface area contributed by atoms with Crippen LogP contribution in [0.2, 0.25) is 5.02 Å². The molecule has 1 aromatic carbocycles. The van der Waals surface area contributed by atoms with Gasteiger partial charge in [-0.3, -0.25) is 19.9 Å². The van der Waals surface area contributed by atoms with E-state index in [1.807, 2.05) is 5.32 Å². The molecule has 2 N–H and O–H groups in total. The van der Waals surface area contributed by atoms with Crippen LogP contribution in [0.15, 0.2) is 30.5 Å². The first-order valence-corrected chi connectivity index (χ1v) is 9.10. The summed E-state index contributed by atoms with van der Waals surface area (Å²) in [7, 11) is 1.39. The molecule has 0 saturated heterocycles. The Morgan fingerprint density at radius 2 is 1.74 bits per heavy atom. The molecule has 0 aliphatic rings. The van der Waals surface area contributed by atoms with E-state index in [1.165, 1.54) is 7.05 Å². The number of hydrogen-bond acceptors (Lipinski definition) is 7. The molecule has 0 unspecified atom stereocenters. The average molecular weight is 510 g/mol. The van der Waals surface area contributed by atoms with E-state index >= 15 is 0 Å². The molecule has 0 bridgehead atoms. The first kappa shape index (κ1) is 24.7. The summed E-state index contributed by atoms with van der Waals surface area (Å²) in [5, 5.41) is 13.8. The molecule has 2 aromatic heterocycles. The number of rotatable bonds is 5. The zero-order valence-electron chi connectivity index (χ0n) is 16.5. The fraction of sp³-hybridized carbons (Fsp3) is 0.176. The van der Waals surface area contributed by atoms with Crippen molar-refractivity contribution in [3.05, 3.63) is 52.3 Å². The topological polar surface area (TPSA) is 124 Å². The summed E-state index contributed by atoms with van der Waals surface area (Å²) < 4.78 is 81.4. The third kappa shape index (κ3) is 5.69. The van der Waals surface area contributed by atoms with Gasteiger partial charge in [0, 0.05) is 13.2 Å². The second-order valence-electron chi connectivity index (χ2n) is 6.31. The molecule has 0 aliphatic carbocycles. The van der Waals surface area contributed by atoms with Gasteiger partial charge in [0.15, 0.2) is 5.75 Å². The second kappa shape index (κ2) is 9.12. The zero-order valence-corrected chi connectivity index (χ0v) is 17.2. The van der Waals surface area contributed by atoms with Crippen molar-refractivity contribution < 1.29 is 40.7 Å². The Balaban J connectivity index is 1.95. The van der Waals surface area contributed by atoms with Gasteiger partial charge in [-0.2, -0.15) is 13.2 Å². The number of nitrogens with zero attached hydrogens (tertiary/aromatic N) is 5. The average Bonchev–Trinajstić information content (AvgIpc) is 3.13. The quantitative estimate of drug-likeness (QED) is 0.503. The summed E-state index contributed by atoms with van der Waals surface area (Å²) in [6.45, 7) is 0. The number of carbonyl (C=O) groups excluding carboxylic acids is 2. The van der Waals surface area contributed by atoms with Gasteiger partial charge in [0.25, 0.3) is 11.8 Å². The van der Waals surface area contributed by atoms with Gasteiger partial charge in [-0.05, 0) is 34.7 Å². The van der Waals surface area contributed by atoms with E-state index in [9.17, 15) is 35.9 Å². The number of pyridine rings is 1. The third-order valence-electron chi connectivity index (χ3n) is 3.98. The summed E-state index contributed by atoms with van der Waals surface area (Å²) in [4.78, 5) is 28.3. The summed E-state index contributed by atoms with van der Waals surface area (Å²) in [5.41, 5.74) is -2.92. The fourth-order valence-electron chi connectivity index (χ4n) is 2.44. The van der Waals surface area contributed by atoms with Gasteiger partial charge in [0.2, 0.25) is 5.95 Å². The highest BCUT2D eigenvalue weighted by atomic mass is 35.5. The molecule has 3 rings (SSSR count). The molecule has 0 spiro atoms. The lowest BCUT2D eigenvalue weighted by Crippen LogP contribution is -2.22. The lowest BCUT2D eigenvalue weighted by atomic mass is 10.1. The maximum atomic E-state index is 12.8. The minimum Gasteiger partial charge on any atom is -0.404 e. The molecule has 2 amide bonds. The van der Waals surface area contributed by atoms with Crippen LogP contribution in [-0.2, 0) is 13.2 Å². The number of benzene rings is 1. The Hall–Kier alpha value is -3.95. The van der Waals surface area contributed by atoms with Crippen molar-refractivity contribution in [1.82, 2.24) is 25.2 Å². The molecular formula is C17H10ClF6N7O3. The molecule has 0 fully saturated rings. The second-order valence-corrected chi connectivity index (χ2v) is 6.69. The van der Waals surface area contributed by atoms with E-state index in [1.54, 1.807) is 0 Å². The summed E-state index contributed by atoms with van der Waals surface area (Å²) >= 11 is 6.08. The normalized spacial score (nSPS) is 11.8. The first-order valence-electron chi connectivity index (χ1n) is 8.73. The Morgan fingerprint density at radius 1 is 1.03 bits per heavy atom. The van der Waals surface area contributed by atoms with Crippen molar-refractivity contribution in [2.75, 3.05) is 10.6 Å². The lowest BCUT2D eigenvalue weighted by molar-refractivity contribution is -0.274. The SMILES string of the molecule is Cn1nnnc1NC(=O)c1ccc(OC(F)(F)F)c(NC(=O)c2ccc(C(F)(F)F)cn2)c1Cl. The summed E-state index contributed by atoms with van der Waals surface area (Å²) in [6.07, 6.45) is -9.56. The molecule has 2 heterocycles. The molecule has 0 radical (unpaired) electrons. The van der Waals surface area contributed by atoms with Crippen LogP contribution in [-0.4, -0.2) is 43.4 Å². The number of carbonyl (C=O) groups is 2. The highest BCUT2D eigenvalue weighted by Gasteiger charge is 2.34. The highest BCUT2D eigenvalue weighted by Crippen LogP contribution is 2.38. The van der Waals surface area contributed by atoms with Crippen LogP contribution in [0, 0.1) is 0 Å². The minimum absolute atomic E-state index is 0.128. The van der Waals surface area contributed by atoms with Crippen molar-refractivity contribution >= 4 is 35.1 Å². The Bertz CT molecular complexity index is 1230. The van der Waals surface area contributed by atoms with E-state index in [0.29, 0.717) is 24.4 Å². The van der Waals surface area contributed by atoms with Crippen molar-refractivity contribution in [3.63, 3.8) is 0 Å². The number of anilines is 2. The Labute approximate surface area is 189 Å². The van der Waals surface area contributed by atoms with Crippen molar-refractivity contribution in [1.29, 1.82) is 0 Å². The van der Waals surface area contributed by atoms with Gasteiger partial charge in [-0.15, -0.1) is 13.2 Å². The van der Waals surface area contributed by atoms with Crippen LogP contribution in [0.25, 0.3) is 0 Å². The first-order chi connectivity index (χ1) is 15.8.